The van der Waals surface area contributed by atoms with Crippen LogP contribution in [0.3, 0.4) is 0 Å². The first-order valence-electron chi connectivity index (χ1n) is 5.17. The molecule has 3 heteroatoms. The van der Waals surface area contributed by atoms with Gasteiger partial charge in [-0.3, -0.25) is 0 Å². The topological polar surface area (TPSA) is 60.7 Å². The Labute approximate surface area is 90.0 Å². The van der Waals surface area contributed by atoms with Crippen molar-refractivity contribution in [3.8, 4) is 0 Å². The fourth-order valence-electron chi connectivity index (χ4n) is 1.51. The lowest BCUT2D eigenvalue weighted by Crippen LogP contribution is -2.02. The summed E-state index contributed by atoms with van der Waals surface area (Å²) in [6, 6.07) is 5.63. The van der Waals surface area contributed by atoms with E-state index in [-0.39, 0.29) is 19.3 Å². The summed E-state index contributed by atoms with van der Waals surface area (Å²) in [5, 5.41) is 27.2. The van der Waals surface area contributed by atoms with Crippen molar-refractivity contribution in [1.82, 2.24) is 0 Å². The minimum Gasteiger partial charge on any atom is -0.393 e. The minimum atomic E-state index is -0.305. The Morgan fingerprint density at radius 2 is 1.80 bits per heavy atom. The van der Waals surface area contributed by atoms with Crippen LogP contribution in [0.4, 0.5) is 0 Å². The highest BCUT2D eigenvalue weighted by Crippen LogP contribution is 2.14. The second-order valence-electron chi connectivity index (χ2n) is 3.81. The monoisotopic (exact) mass is 210 g/mol. The molecule has 1 aromatic rings. The lowest BCUT2D eigenvalue weighted by molar-refractivity contribution is 0.185. The summed E-state index contributed by atoms with van der Waals surface area (Å²) in [6.45, 7) is 1.65. The van der Waals surface area contributed by atoms with E-state index in [2.05, 4.69) is 0 Å². The molecule has 0 heterocycles. The fourth-order valence-corrected chi connectivity index (χ4v) is 1.51. The highest BCUT2D eigenvalue weighted by Gasteiger charge is 2.03. The van der Waals surface area contributed by atoms with Crippen LogP contribution in [0, 0.1) is 0 Å². The first-order chi connectivity index (χ1) is 7.17. The van der Waals surface area contributed by atoms with Gasteiger partial charge in [0.25, 0.3) is 0 Å². The van der Waals surface area contributed by atoms with Gasteiger partial charge in [-0.25, -0.2) is 0 Å². The van der Waals surface area contributed by atoms with Crippen molar-refractivity contribution in [2.75, 3.05) is 0 Å². The van der Waals surface area contributed by atoms with Crippen LogP contribution in [-0.4, -0.2) is 21.4 Å². The Morgan fingerprint density at radius 3 is 2.33 bits per heavy atom. The molecule has 3 nitrogen and oxygen atoms in total. The molecular formula is C12H18O3. The summed E-state index contributed by atoms with van der Waals surface area (Å²) in [5.41, 5.74) is 2.61. The molecule has 1 rings (SSSR count). The van der Waals surface area contributed by atoms with Crippen LogP contribution < -0.4 is 0 Å². The van der Waals surface area contributed by atoms with Gasteiger partial charge in [-0.15, -0.1) is 0 Å². The number of aliphatic hydroxyl groups is 3. The largest absolute Gasteiger partial charge is 0.393 e. The van der Waals surface area contributed by atoms with Crippen molar-refractivity contribution < 1.29 is 15.3 Å². The molecule has 84 valence electrons. The first kappa shape index (κ1) is 12.2. The molecular weight excluding hydrogens is 192 g/mol. The summed E-state index contributed by atoms with van der Waals surface area (Å²) < 4.78 is 0. The van der Waals surface area contributed by atoms with E-state index in [1.807, 2.05) is 18.2 Å². The number of aliphatic hydroxyl groups excluding tert-OH is 3. The van der Waals surface area contributed by atoms with Crippen molar-refractivity contribution in [1.29, 1.82) is 0 Å². The Morgan fingerprint density at radius 1 is 1.13 bits per heavy atom. The SMILES string of the molecule is CC(O)CCc1ccc(CO)c(CO)c1. The highest BCUT2D eigenvalue weighted by molar-refractivity contribution is 5.31. The van der Waals surface area contributed by atoms with Crippen molar-refractivity contribution in [3.63, 3.8) is 0 Å². The molecule has 0 aliphatic rings. The molecule has 0 aliphatic carbocycles. The third-order valence-corrected chi connectivity index (χ3v) is 2.46. The molecule has 0 saturated heterocycles. The maximum absolute atomic E-state index is 9.15. The van der Waals surface area contributed by atoms with Gasteiger partial charge in [0.15, 0.2) is 0 Å². The van der Waals surface area contributed by atoms with Gasteiger partial charge in [0.1, 0.15) is 0 Å². The zero-order valence-corrected chi connectivity index (χ0v) is 8.98. The Balaban J connectivity index is 2.74. The molecule has 0 bridgehead atoms. The van der Waals surface area contributed by atoms with E-state index in [0.29, 0.717) is 6.42 Å². The third-order valence-electron chi connectivity index (χ3n) is 2.46. The summed E-state index contributed by atoms with van der Waals surface area (Å²) in [4.78, 5) is 0. The van der Waals surface area contributed by atoms with E-state index in [4.69, 9.17) is 15.3 Å². The van der Waals surface area contributed by atoms with Gasteiger partial charge in [-0.05, 0) is 36.5 Å². The van der Waals surface area contributed by atoms with E-state index >= 15 is 0 Å². The van der Waals surface area contributed by atoms with Crippen LogP contribution >= 0.6 is 0 Å². The average molecular weight is 210 g/mol. The van der Waals surface area contributed by atoms with Crippen LogP contribution in [0.5, 0.6) is 0 Å². The second kappa shape index (κ2) is 5.85. The summed E-state index contributed by atoms with van der Waals surface area (Å²) in [6.07, 6.45) is 1.19. The first-order valence-corrected chi connectivity index (χ1v) is 5.17. The molecule has 0 fully saturated rings. The van der Waals surface area contributed by atoms with Gasteiger partial charge in [0.2, 0.25) is 0 Å². The van der Waals surface area contributed by atoms with Crippen molar-refractivity contribution in [3.05, 3.63) is 34.9 Å². The van der Waals surface area contributed by atoms with E-state index in [1.165, 1.54) is 0 Å². The highest BCUT2D eigenvalue weighted by atomic mass is 16.3. The number of rotatable bonds is 5. The molecule has 0 saturated carbocycles. The Hall–Kier alpha value is -0.900. The predicted molar refractivity (Wildman–Crippen MR) is 58.3 cm³/mol. The maximum atomic E-state index is 9.15. The molecule has 1 aromatic carbocycles. The molecule has 0 amide bonds. The smallest absolute Gasteiger partial charge is 0.0685 e. The van der Waals surface area contributed by atoms with Crippen molar-refractivity contribution >= 4 is 0 Å². The fraction of sp³-hybridized carbons (Fsp3) is 0.500. The molecule has 0 radical (unpaired) electrons. The standard InChI is InChI=1S/C12H18O3/c1-9(15)2-3-10-4-5-11(7-13)12(6-10)8-14/h4-6,9,13-15H,2-3,7-8H2,1H3. The Kier molecular flexibility index (Phi) is 4.75. The molecule has 1 unspecified atom stereocenters. The van der Waals surface area contributed by atoms with Gasteiger partial charge in [0, 0.05) is 0 Å². The average Bonchev–Trinajstić information content (AvgIpc) is 2.25. The number of hydrogen-bond donors (Lipinski definition) is 3. The normalized spacial score (nSPS) is 12.8. The van der Waals surface area contributed by atoms with E-state index in [9.17, 15) is 0 Å². The van der Waals surface area contributed by atoms with Gasteiger partial charge in [-0.2, -0.15) is 0 Å². The second-order valence-corrected chi connectivity index (χ2v) is 3.81. The number of hydrogen-bond acceptors (Lipinski definition) is 3. The molecule has 15 heavy (non-hydrogen) atoms. The van der Waals surface area contributed by atoms with E-state index in [1.54, 1.807) is 6.92 Å². The van der Waals surface area contributed by atoms with Crippen LogP contribution in [-0.2, 0) is 19.6 Å². The quantitative estimate of drug-likeness (QED) is 0.679. The molecule has 1 atom stereocenters. The predicted octanol–water partition coefficient (Wildman–Crippen LogP) is 0.985. The number of benzene rings is 1. The van der Waals surface area contributed by atoms with E-state index < -0.39 is 0 Å². The van der Waals surface area contributed by atoms with Gasteiger partial charge < -0.3 is 15.3 Å². The third kappa shape index (κ3) is 3.63. The lowest BCUT2D eigenvalue weighted by atomic mass is 10.0. The summed E-state index contributed by atoms with van der Waals surface area (Å²) >= 11 is 0. The Bertz CT molecular complexity index is 308. The van der Waals surface area contributed by atoms with Crippen LogP contribution in [0.15, 0.2) is 18.2 Å². The van der Waals surface area contributed by atoms with Gasteiger partial charge >= 0.3 is 0 Å². The molecule has 0 aliphatic heterocycles. The maximum Gasteiger partial charge on any atom is 0.0685 e. The van der Waals surface area contributed by atoms with Crippen molar-refractivity contribution in [2.24, 2.45) is 0 Å². The summed E-state index contributed by atoms with van der Waals surface area (Å²) in [7, 11) is 0. The summed E-state index contributed by atoms with van der Waals surface area (Å²) in [5.74, 6) is 0. The molecule has 3 N–H and O–H groups in total. The van der Waals surface area contributed by atoms with Crippen LogP contribution in [0.2, 0.25) is 0 Å². The zero-order chi connectivity index (χ0) is 11.3. The zero-order valence-electron chi connectivity index (χ0n) is 8.98. The van der Waals surface area contributed by atoms with E-state index in [0.717, 1.165) is 23.1 Å². The van der Waals surface area contributed by atoms with Crippen LogP contribution in [0.25, 0.3) is 0 Å². The van der Waals surface area contributed by atoms with Gasteiger partial charge in [-0.1, -0.05) is 18.2 Å². The van der Waals surface area contributed by atoms with Crippen molar-refractivity contribution in [2.45, 2.75) is 39.1 Å². The molecule has 0 spiro atoms. The van der Waals surface area contributed by atoms with Gasteiger partial charge in [0.05, 0.1) is 19.3 Å². The molecule has 0 aromatic heterocycles. The van der Waals surface area contributed by atoms with Crippen LogP contribution in [0.1, 0.15) is 30.0 Å². The minimum absolute atomic E-state index is 0.0490. The lowest BCUT2D eigenvalue weighted by Gasteiger charge is -2.09. The number of aryl methyl sites for hydroxylation is 1.